The number of anilines is 1. The fourth-order valence-electron chi connectivity index (χ4n) is 2.32. The van der Waals surface area contributed by atoms with E-state index in [-0.39, 0.29) is 19.3 Å². The van der Waals surface area contributed by atoms with Crippen LogP contribution in [0.15, 0.2) is 28.7 Å². The van der Waals surface area contributed by atoms with Crippen LogP contribution in [0.5, 0.6) is 17.2 Å². The maximum absolute atomic E-state index is 12.1. The van der Waals surface area contributed by atoms with Gasteiger partial charge < -0.3 is 19.5 Å². The van der Waals surface area contributed by atoms with Gasteiger partial charge in [0.25, 0.3) is 5.91 Å². The number of hydrogen-bond acceptors (Lipinski definition) is 4. The van der Waals surface area contributed by atoms with Crippen LogP contribution < -0.4 is 19.5 Å². The average molecular weight is 413 g/mol. The zero-order valence-corrected chi connectivity index (χ0v) is 15.5. The van der Waals surface area contributed by atoms with Crippen LogP contribution >= 0.6 is 27.5 Å². The molecular formula is C17H15BrClNO4. The molecule has 0 aromatic heterocycles. The number of amides is 1. The third-order valence-electron chi connectivity index (χ3n) is 3.58. The molecule has 0 bridgehead atoms. The lowest BCUT2D eigenvalue weighted by atomic mass is 10.1. The van der Waals surface area contributed by atoms with Crippen molar-refractivity contribution < 1.29 is 19.0 Å². The Labute approximate surface area is 153 Å². The predicted molar refractivity (Wildman–Crippen MR) is 95.3 cm³/mol. The Balaban J connectivity index is 1.64. The summed E-state index contributed by atoms with van der Waals surface area (Å²) >= 11 is 9.63. The van der Waals surface area contributed by atoms with E-state index in [4.69, 9.17) is 25.8 Å². The number of carbonyl (C=O) groups excluding carboxylic acids is 1. The second-order valence-electron chi connectivity index (χ2n) is 5.35. The van der Waals surface area contributed by atoms with Gasteiger partial charge >= 0.3 is 0 Å². The zero-order chi connectivity index (χ0) is 17.3. The average Bonchev–Trinajstić information content (AvgIpc) is 3.02. The number of nitrogens with one attached hydrogen (secondary N) is 1. The number of carbonyl (C=O) groups is 1. The summed E-state index contributed by atoms with van der Waals surface area (Å²) in [7, 11) is 0. The molecule has 5 nitrogen and oxygen atoms in total. The van der Waals surface area contributed by atoms with Crippen LogP contribution in [0.25, 0.3) is 0 Å². The van der Waals surface area contributed by atoms with E-state index in [2.05, 4.69) is 21.2 Å². The summed E-state index contributed by atoms with van der Waals surface area (Å²) < 4.78 is 16.9. The summed E-state index contributed by atoms with van der Waals surface area (Å²) in [6.07, 6.45) is 0. The van der Waals surface area contributed by atoms with E-state index in [0.717, 1.165) is 15.6 Å². The summed E-state index contributed by atoms with van der Waals surface area (Å²) in [5, 5.41) is 3.44. The zero-order valence-electron chi connectivity index (χ0n) is 13.1. The second-order valence-corrected chi connectivity index (χ2v) is 6.52. The molecular weight excluding hydrogens is 398 g/mol. The molecule has 0 saturated heterocycles. The molecule has 2 aromatic carbocycles. The molecule has 1 N–H and O–H groups in total. The van der Waals surface area contributed by atoms with Crippen molar-refractivity contribution in [1.82, 2.24) is 0 Å². The van der Waals surface area contributed by atoms with Gasteiger partial charge in [0.15, 0.2) is 18.1 Å². The quantitative estimate of drug-likeness (QED) is 0.805. The Morgan fingerprint density at radius 1 is 1.29 bits per heavy atom. The Kier molecular flexibility index (Phi) is 4.87. The van der Waals surface area contributed by atoms with Gasteiger partial charge in [0, 0.05) is 16.8 Å². The highest BCUT2D eigenvalue weighted by molar-refractivity contribution is 9.10. The fraction of sp³-hybridized carbons (Fsp3) is 0.235. The smallest absolute Gasteiger partial charge is 0.262 e. The van der Waals surface area contributed by atoms with Gasteiger partial charge in [-0.2, -0.15) is 0 Å². The van der Waals surface area contributed by atoms with Crippen LogP contribution in [0, 0.1) is 13.8 Å². The van der Waals surface area contributed by atoms with Crippen LogP contribution in [0.1, 0.15) is 11.1 Å². The lowest BCUT2D eigenvalue weighted by Crippen LogP contribution is -2.20. The van der Waals surface area contributed by atoms with Crippen LogP contribution in [0.4, 0.5) is 5.69 Å². The number of benzene rings is 2. The molecule has 3 rings (SSSR count). The van der Waals surface area contributed by atoms with E-state index in [1.807, 2.05) is 13.8 Å². The van der Waals surface area contributed by atoms with E-state index in [1.54, 1.807) is 24.3 Å². The van der Waals surface area contributed by atoms with E-state index < -0.39 is 0 Å². The molecule has 0 radical (unpaired) electrons. The van der Waals surface area contributed by atoms with Crippen molar-refractivity contribution >= 4 is 39.1 Å². The molecule has 0 spiro atoms. The Morgan fingerprint density at radius 2 is 2.04 bits per heavy atom. The molecule has 24 heavy (non-hydrogen) atoms. The summed E-state index contributed by atoms with van der Waals surface area (Å²) in [4.78, 5) is 12.1. The number of aryl methyl sites for hydroxylation is 1. The SMILES string of the molecule is Cc1cc(OCC(=O)Nc2ccc3c(c2)OCO3)c(Br)c(C)c1Cl. The second kappa shape index (κ2) is 6.91. The van der Waals surface area contributed by atoms with Crippen LogP contribution in [0.2, 0.25) is 5.02 Å². The minimum Gasteiger partial charge on any atom is -0.483 e. The van der Waals surface area contributed by atoms with Crippen molar-refractivity contribution in [2.75, 3.05) is 18.7 Å². The molecule has 1 heterocycles. The fourth-order valence-corrected chi connectivity index (χ4v) is 3.01. The molecule has 1 amide bonds. The number of rotatable bonds is 4. The van der Waals surface area contributed by atoms with Gasteiger partial charge in [-0.05, 0) is 59.1 Å². The molecule has 0 aliphatic carbocycles. The summed E-state index contributed by atoms with van der Waals surface area (Å²) in [5.41, 5.74) is 2.39. The standard InChI is InChI=1S/C17H15BrClNO4/c1-9-5-14(16(18)10(2)17(9)19)22-7-15(21)20-11-3-4-12-13(6-11)24-8-23-12/h3-6H,7-8H2,1-2H3,(H,20,21). The molecule has 126 valence electrons. The maximum atomic E-state index is 12.1. The first-order valence-electron chi connectivity index (χ1n) is 7.23. The third kappa shape index (κ3) is 3.44. The third-order valence-corrected chi connectivity index (χ3v) is 5.15. The minimum atomic E-state index is -0.272. The number of hydrogen-bond donors (Lipinski definition) is 1. The molecule has 0 atom stereocenters. The van der Waals surface area contributed by atoms with Crippen molar-refractivity contribution in [2.45, 2.75) is 13.8 Å². The van der Waals surface area contributed by atoms with E-state index in [1.165, 1.54) is 0 Å². The first-order chi connectivity index (χ1) is 11.5. The largest absolute Gasteiger partial charge is 0.483 e. The van der Waals surface area contributed by atoms with E-state index in [9.17, 15) is 4.79 Å². The molecule has 1 aliphatic heterocycles. The first-order valence-corrected chi connectivity index (χ1v) is 8.40. The van der Waals surface area contributed by atoms with Crippen molar-refractivity contribution in [1.29, 1.82) is 0 Å². The lowest BCUT2D eigenvalue weighted by molar-refractivity contribution is -0.118. The summed E-state index contributed by atoms with van der Waals surface area (Å²) in [6, 6.07) is 7.01. The number of halogens is 2. The number of fused-ring (bicyclic) bond motifs is 1. The normalized spacial score (nSPS) is 12.2. The topological polar surface area (TPSA) is 56.8 Å². The van der Waals surface area contributed by atoms with Crippen LogP contribution in [0.3, 0.4) is 0 Å². The van der Waals surface area contributed by atoms with E-state index >= 15 is 0 Å². The lowest BCUT2D eigenvalue weighted by Gasteiger charge is -2.13. The van der Waals surface area contributed by atoms with Gasteiger partial charge in [-0.25, -0.2) is 0 Å². The monoisotopic (exact) mass is 411 g/mol. The van der Waals surface area contributed by atoms with Crippen molar-refractivity contribution in [3.05, 3.63) is 44.9 Å². The van der Waals surface area contributed by atoms with Crippen LogP contribution in [-0.2, 0) is 4.79 Å². The van der Waals surface area contributed by atoms with Gasteiger partial charge in [0.05, 0.1) is 4.47 Å². The van der Waals surface area contributed by atoms with Crippen molar-refractivity contribution in [2.24, 2.45) is 0 Å². The molecule has 1 aliphatic rings. The summed E-state index contributed by atoms with van der Waals surface area (Å²) in [6.45, 7) is 3.85. The first kappa shape index (κ1) is 16.9. The van der Waals surface area contributed by atoms with Gasteiger partial charge in [-0.3, -0.25) is 4.79 Å². The highest BCUT2D eigenvalue weighted by Crippen LogP contribution is 2.36. The van der Waals surface area contributed by atoms with Crippen LogP contribution in [-0.4, -0.2) is 19.3 Å². The molecule has 7 heteroatoms. The van der Waals surface area contributed by atoms with Gasteiger partial charge in [-0.1, -0.05) is 11.6 Å². The Morgan fingerprint density at radius 3 is 2.83 bits per heavy atom. The summed E-state index contributed by atoms with van der Waals surface area (Å²) in [5.74, 6) is 1.59. The Hall–Kier alpha value is -1.92. The highest BCUT2D eigenvalue weighted by Gasteiger charge is 2.15. The van der Waals surface area contributed by atoms with Crippen molar-refractivity contribution in [3.8, 4) is 17.2 Å². The number of ether oxygens (including phenoxy) is 3. The predicted octanol–water partition coefficient (Wildman–Crippen LogP) is 4.47. The Bertz CT molecular complexity index is 810. The maximum Gasteiger partial charge on any atom is 0.262 e. The highest BCUT2D eigenvalue weighted by atomic mass is 79.9. The molecule has 0 unspecified atom stereocenters. The molecule has 0 fully saturated rings. The van der Waals surface area contributed by atoms with Gasteiger partial charge in [0.2, 0.25) is 6.79 Å². The molecule has 2 aromatic rings. The van der Waals surface area contributed by atoms with Gasteiger partial charge in [-0.15, -0.1) is 0 Å². The van der Waals surface area contributed by atoms with Crippen molar-refractivity contribution in [3.63, 3.8) is 0 Å². The molecule has 0 saturated carbocycles. The van der Waals surface area contributed by atoms with E-state index in [0.29, 0.717) is 28.0 Å². The van der Waals surface area contributed by atoms with Gasteiger partial charge in [0.1, 0.15) is 5.75 Å². The minimum absolute atomic E-state index is 0.118.